The van der Waals surface area contributed by atoms with Crippen molar-refractivity contribution in [3.05, 3.63) is 42.0 Å². The van der Waals surface area contributed by atoms with Gasteiger partial charge in [-0.2, -0.15) is 0 Å². The molecule has 0 saturated heterocycles. The molecule has 0 spiro atoms. The van der Waals surface area contributed by atoms with Crippen LogP contribution in [0, 0.1) is 5.41 Å². The first kappa shape index (κ1) is 12.7. The monoisotopic (exact) mass is 272 g/mol. The second-order valence-electron chi connectivity index (χ2n) is 4.71. The molecule has 0 amide bonds. The number of fused-ring (bicyclic) bond motifs is 1. The van der Waals surface area contributed by atoms with Crippen molar-refractivity contribution in [2.45, 2.75) is 12.5 Å². The van der Waals surface area contributed by atoms with Crippen LogP contribution in [0.2, 0.25) is 0 Å². The van der Waals surface area contributed by atoms with Crippen molar-refractivity contribution in [2.75, 3.05) is 18.5 Å². The molecule has 1 atom stereocenters. The summed E-state index contributed by atoms with van der Waals surface area (Å²) in [7, 11) is 0. The lowest BCUT2D eigenvalue weighted by atomic mass is 10.0. The molecule has 0 fully saturated rings. The van der Waals surface area contributed by atoms with Crippen LogP contribution in [-0.4, -0.2) is 30.3 Å². The number of benzene rings is 1. The number of aliphatic hydroxyl groups excluding tert-OH is 1. The van der Waals surface area contributed by atoms with Crippen LogP contribution in [-0.2, 0) is 0 Å². The third-order valence-corrected chi connectivity index (χ3v) is 3.19. The number of aliphatic hydroxyl groups is 1. The maximum absolute atomic E-state index is 9.56. The van der Waals surface area contributed by atoms with Gasteiger partial charge in [0.05, 0.1) is 6.10 Å². The van der Waals surface area contributed by atoms with Gasteiger partial charge in [0.15, 0.2) is 11.5 Å². The van der Waals surface area contributed by atoms with Crippen molar-refractivity contribution in [1.29, 1.82) is 5.41 Å². The molecule has 0 aromatic heterocycles. The molecule has 0 saturated carbocycles. The summed E-state index contributed by atoms with van der Waals surface area (Å²) in [5, 5.41) is 20.6. The maximum Gasteiger partial charge on any atom is 0.163 e. The van der Waals surface area contributed by atoms with E-state index in [0.29, 0.717) is 25.4 Å². The molecular weight excluding hydrogens is 256 g/mol. The first-order valence-electron chi connectivity index (χ1n) is 6.53. The van der Waals surface area contributed by atoms with Gasteiger partial charge < -0.3 is 19.9 Å². The molecule has 1 aromatic carbocycles. The number of anilines is 1. The third-order valence-electron chi connectivity index (χ3n) is 3.19. The van der Waals surface area contributed by atoms with E-state index in [4.69, 9.17) is 14.9 Å². The van der Waals surface area contributed by atoms with Gasteiger partial charge in [-0.25, -0.2) is 0 Å². The SMILES string of the molecule is N=C(Nc1ccc2c(c1)OCCO2)C1=CC=CC(O)C1. The van der Waals surface area contributed by atoms with Gasteiger partial charge in [0, 0.05) is 18.2 Å². The highest BCUT2D eigenvalue weighted by Crippen LogP contribution is 2.32. The smallest absolute Gasteiger partial charge is 0.163 e. The Kier molecular flexibility index (Phi) is 3.43. The topological polar surface area (TPSA) is 74.6 Å². The van der Waals surface area contributed by atoms with E-state index in [1.165, 1.54) is 0 Å². The quantitative estimate of drug-likeness (QED) is 0.569. The normalized spacial score (nSPS) is 20.2. The molecule has 1 aliphatic heterocycles. The van der Waals surface area contributed by atoms with Crippen LogP contribution < -0.4 is 14.8 Å². The third kappa shape index (κ3) is 2.67. The Morgan fingerprint density at radius 1 is 1.25 bits per heavy atom. The van der Waals surface area contributed by atoms with Gasteiger partial charge >= 0.3 is 0 Å². The Hall–Kier alpha value is -2.27. The fraction of sp³-hybridized carbons (Fsp3) is 0.267. The Balaban J connectivity index is 1.73. The average Bonchev–Trinajstić information content (AvgIpc) is 2.47. The summed E-state index contributed by atoms with van der Waals surface area (Å²) < 4.78 is 11.0. The lowest BCUT2D eigenvalue weighted by molar-refractivity contribution is 0.171. The second kappa shape index (κ2) is 5.38. The molecule has 1 unspecified atom stereocenters. The minimum Gasteiger partial charge on any atom is -0.486 e. The Morgan fingerprint density at radius 2 is 2.05 bits per heavy atom. The van der Waals surface area contributed by atoms with Crippen LogP contribution in [0.5, 0.6) is 11.5 Å². The Labute approximate surface area is 117 Å². The summed E-state index contributed by atoms with van der Waals surface area (Å²) in [4.78, 5) is 0. The predicted octanol–water partition coefficient (Wildman–Crippen LogP) is 2.09. The van der Waals surface area contributed by atoms with Gasteiger partial charge in [-0.15, -0.1) is 0 Å². The zero-order valence-corrected chi connectivity index (χ0v) is 10.9. The molecule has 0 bridgehead atoms. The summed E-state index contributed by atoms with van der Waals surface area (Å²) in [6.45, 7) is 1.10. The number of rotatable bonds is 2. The highest BCUT2D eigenvalue weighted by atomic mass is 16.6. The fourth-order valence-corrected chi connectivity index (χ4v) is 2.19. The molecule has 1 aliphatic carbocycles. The van der Waals surface area contributed by atoms with Gasteiger partial charge in [0.1, 0.15) is 19.0 Å². The second-order valence-corrected chi connectivity index (χ2v) is 4.71. The molecule has 5 nitrogen and oxygen atoms in total. The highest BCUT2D eigenvalue weighted by molar-refractivity contribution is 6.06. The first-order chi connectivity index (χ1) is 9.72. The zero-order chi connectivity index (χ0) is 13.9. The van der Waals surface area contributed by atoms with Gasteiger partial charge in [0.2, 0.25) is 0 Å². The van der Waals surface area contributed by atoms with Crippen molar-refractivity contribution >= 4 is 11.5 Å². The van der Waals surface area contributed by atoms with Gasteiger partial charge in [-0.1, -0.05) is 18.2 Å². The zero-order valence-electron chi connectivity index (χ0n) is 10.9. The van der Waals surface area contributed by atoms with Crippen molar-refractivity contribution in [3.8, 4) is 11.5 Å². The Bertz CT molecular complexity index is 593. The van der Waals surface area contributed by atoms with Gasteiger partial charge in [0.25, 0.3) is 0 Å². The highest BCUT2D eigenvalue weighted by Gasteiger charge is 2.15. The standard InChI is InChI=1S/C15H16N2O3/c16-15(10-2-1-3-12(18)8-10)17-11-4-5-13-14(9-11)20-7-6-19-13/h1-5,9,12,18H,6-8H2,(H2,16,17). The van der Waals surface area contributed by atoms with Gasteiger partial charge in [-0.3, -0.25) is 5.41 Å². The molecule has 0 radical (unpaired) electrons. The number of hydrogen-bond acceptors (Lipinski definition) is 4. The molecule has 5 heteroatoms. The van der Waals surface area contributed by atoms with Crippen LogP contribution in [0.4, 0.5) is 5.69 Å². The van der Waals surface area contributed by atoms with E-state index in [0.717, 1.165) is 17.0 Å². The number of nitrogens with one attached hydrogen (secondary N) is 2. The maximum atomic E-state index is 9.56. The largest absolute Gasteiger partial charge is 0.486 e. The average molecular weight is 272 g/mol. The number of amidine groups is 1. The lowest BCUT2D eigenvalue weighted by Crippen LogP contribution is -2.19. The van der Waals surface area contributed by atoms with Crippen LogP contribution >= 0.6 is 0 Å². The summed E-state index contributed by atoms with van der Waals surface area (Å²) in [6, 6.07) is 5.49. The van der Waals surface area contributed by atoms with Crippen LogP contribution in [0.25, 0.3) is 0 Å². The first-order valence-corrected chi connectivity index (χ1v) is 6.53. The van der Waals surface area contributed by atoms with E-state index in [1.54, 1.807) is 12.2 Å². The minimum atomic E-state index is -0.516. The van der Waals surface area contributed by atoms with E-state index in [2.05, 4.69) is 5.32 Å². The number of allylic oxidation sites excluding steroid dienone is 2. The lowest BCUT2D eigenvalue weighted by Gasteiger charge is -2.20. The summed E-state index contributed by atoms with van der Waals surface area (Å²) >= 11 is 0. The number of ether oxygens (including phenoxy) is 2. The van der Waals surface area contributed by atoms with E-state index in [1.807, 2.05) is 24.3 Å². The van der Waals surface area contributed by atoms with Crippen molar-refractivity contribution in [3.63, 3.8) is 0 Å². The Morgan fingerprint density at radius 3 is 2.85 bits per heavy atom. The molecule has 2 aliphatic rings. The van der Waals surface area contributed by atoms with E-state index in [9.17, 15) is 5.11 Å². The fourth-order valence-electron chi connectivity index (χ4n) is 2.19. The summed E-state index contributed by atoms with van der Waals surface area (Å²) in [5.74, 6) is 1.69. The minimum absolute atomic E-state index is 0.282. The molecule has 3 rings (SSSR count). The van der Waals surface area contributed by atoms with E-state index in [-0.39, 0.29) is 5.84 Å². The predicted molar refractivity (Wildman–Crippen MR) is 76.6 cm³/mol. The van der Waals surface area contributed by atoms with E-state index >= 15 is 0 Å². The molecule has 20 heavy (non-hydrogen) atoms. The van der Waals surface area contributed by atoms with Crippen molar-refractivity contribution < 1.29 is 14.6 Å². The van der Waals surface area contributed by atoms with Crippen LogP contribution in [0.3, 0.4) is 0 Å². The summed E-state index contributed by atoms with van der Waals surface area (Å²) in [5.41, 5.74) is 1.54. The number of hydrogen-bond donors (Lipinski definition) is 3. The summed E-state index contributed by atoms with van der Waals surface area (Å²) in [6.07, 6.45) is 5.24. The molecule has 1 aromatic rings. The van der Waals surface area contributed by atoms with Crippen molar-refractivity contribution in [2.24, 2.45) is 0 Å². The van der Waals surface area contributed by atoms with Crippen molar-refractivity contribution in [1.82, 2.24) is 0 Å². The molecule has 3 N–H and O–H groups in total. The van der Waals surface area contributed by atoms with Gasteiger partial charge in [-0.05, 0) is 17.7 Å². The molecular formula is C15H16N2O3. The van der Waals surface area contributed by atoms with Crippen LogP contribution in [0.1, 0.15) is 6.42 Å². The molecule has 104 valence electrons. The van der Waals surface area contributed by atoms with E-state index < -0.39 is 6.10 Å². The van der Waals surface area contributed by atoms with Crippen LogP contribution in [0.15, 0.2) is 42.0 Å². The molecule has 1 heterocycles.